The van der Waals surface area contributed by atoms with Gasteiger partial charge in [-0.2, -0.15) is 4.31 Å². The molecular formula is C17H24Cl2N2O4S. The van der Waals surface area contributed by atoms with Gasteiger partial charge in [-0.05, 0) is 38.5 Å². The molecule has 1 amide bonds. The van der Waals surface area contributed by atoms with E-state index in [4.69, 9.17) is 27.9 Å². The SMILES string of the molecule is CCOc1ccc(NC(=O)C2(C)CC2(Cl)Cl)cc1S(=O)(=O)N(CC)CC. The number of sulfonamides is 1. The minimum atomic E-state index is -3.75. The van der Waals surface area contributed by atoms with Crippen LogP contribution in [0.1, 0.15) is 34.1 Å². The van der Waals surface area contributed by atoms with Crippen LogP contribution < -0.4 is 10.1 Å². The minimum absolute atomic E-state index is 0.0183. The van der Waals surface area contributed by atoms with Gasteiger partial charge in [0.05, 0.1) is 12.0 Å². The third-order valence-electron chi connectivity index (χ3n) is 4.58. The van der Waals surface area contributed by atoms with Crippen LogP contribution in [0.5, 0.6) is 5.75 Å². The smallest absolute Gasteiger partial charge is 0.246 e. The number of hydrogen-bond donors (Lipinski definition) is 1. The van der Waals surface area contributed by atoms with Crippen LogP contribution in [-0.4, -0.2) is 42.7 Å². The van der Waals surface area contributed by atoms with Crippen LogP contribution in [0, 0.1) is 5.41 Å². The molecular weight excluding hydrogens is 399 g/mol. The second-order valence-corrected chi connectivity index (χ2v) is 9.74. The number of hydrogen-bond acceptors (Lipinski definition) is 4. The van der Waals surface area contributed by atoms with Crippen LogP contribution in [0.3, 0.4) is 0 Å². The summed E-state index contributed by atoms with van der Waals surface area (Å²) in [5, 5.41) is 2.71. The van der Waals surface area contributed by atoms with Crippen LogP contribution in [0.4, 0.5) is 5.69 Å². The van der Waals surface area contributed by atoms with Gasteiger partial charge < -0.3 is 10.1 Å². The first-order chi connectivity index (χ1) is 12.0. The van der Waals surface area contributed by atoms with Gasteiger partial charge in [0.1, 0.15) is 15.0 Å². The zero-order valence-corrected chi connectivity index (χ0v) is 17.6. The Hall–Kier alpha value is -1.02. The van der Waals surface area contributed by atoms with E-state index in [0.29, 0.717) is 31.8 Å². The molecule has 146 valence electrons. The van der Waals surface area contributed by atoms with Crippen molar-refractivity contribution in [3.63, 3.8) is 0 Å². The summed E-state index contributed by atoms with van der Waals surface area (Å²) in [7, 11) is -3.75. The molecule has 1 aromatic carbocycles. The van der Waals surface area contributed by atoms with Gasteiger partial charge in [-0.15, -0.1) is 23.2 Å². The van der Waals surface area contributed by atoms with Crippen LogP contribution in [0.15, 0.2) is 23.1 Å². The number of carbonyl (C=O) groups is 1. The molecule has 0 saturated heterocycles. The van der Waals surface area contributed by atoms with Crippen LogP contribution in [-0.2, 0) is 14.8 Å². The Morgan fingerprint density at radius 3 is 2.31 bits per heavy atom. The number of ether oxygens (including phenoxy) is 1. The van der Waals surface area contributed by atoms with Crippen molar-refractivity contribution in [2.45, 2.75) is 43.3 Å². The monoisotopic (exact) mass is 422 g/mol. The van der Waals surface area contributed by atoms with E-state index < -0.39 is 19.8 Å². The van der Waals surface area contributed by atoms with Crippen molar-refractivity contribution in [2.75, 3.05) is 25.0 Å². The number of halogens is 2. The lowest BCUT2D eigenvalue weighted by molar-refractivity contribution is -0.120. The quantitative estimate of drug-likeness (QED) is 0.648. The molecule has 0 radical (unpaired) electrons. The number of anilines is 1. The highest BCUT2D eigenvalue weighted by Gasteiger charge is 2.67. The third kappa shape index (κ3) is 3.81. The summed E-state index contributed by atoms with van der Waals surface area (Å²) in [6, 6.07) is 4.55. The van der Waals surface area contributed by atoms with Crippen LogP contribution in [0.25, 0.3) is 0 Å². The zero-order chi connectivity index (χ0) is 19.8. The Kier molecular flexibility index (Phi) is 6.17. The molecule has 26 heavy (non-hydrogen) atoms. The fraction of sp³-hybridized carbons (Fsp3) is 0.588. The number of amides is 1. The first-order valence-corrected chi connectivity index (χ1v) is 10.7. The lowest BCUT2D eigenvalue weighted by Crippen LogP contribution is -2.31. The van der Waals surface area contributed by atoms with Crippen molar-refractivity contribution in [1.29, 1.82) is 0 Å². The second kappa shape index (κ2) is 7.54. The predicted molar refractivity (Wildman–Crippen MR) is 104 cm³/mol. The van der Waals surface area contributed by atoms with Crippen molar-refractivity contribution in [3.05, 3.63) is 18.2 Å². The maximum Gasteiger partial charge on any atom is 0.246 e. The highest BCUT2D eigenvalue weighted by atomic mass is 35.5. The van der Waals surface area contributed by atoms with E-state index in [9.17, 15) is 13.2 Å². The number of alkyl halides is 2. The molecule has 0 spiro atoms. The van der Waals surface area contributed by atoms with Crippen LogP contribution in [0.2, 0.25) is 0 Å². The standard InChI is InChI=1S/C17H24Cl2N2O4S/c1-5-21(6-2)26(23,24)14-10-12(8-9-13(14)25-7-3)20-15(22)16(4)11-17(16,18)19/h8-10H,5-7,11H2,1-4H3,(H,20,22). The predicted octanol–water partition coefficient (Wildman–Crippen LogP) is 3.64. The van der Waals surface area contributed by atoms with Crippen molar-refractivity contribution in [1.82, 2.24) is 4.31 Å². The van der Waals surface area contributed by atoms with Gasteiger partial charge in [-0.25, -0.2) is 8.42 Å². The number of nitrogens with one attached hydrogen (secondary N) is 1. The maximum absolute atomic E-state index is 12.9. The van der Waals surface area contributed by atoms with E-state index in [1.54, 1.807) is 39.8 Å². The van der Waals surface area contributed by atoms with E-state index >= 15 is 0 Å². The Morgan fingerprint density at radius 2 is 1.85 bits per heavy atom. The molecule has 0 heterocycles. The zero-order valence-electron chi connectivity index (χ0n) is 15.3. The summed E-state index contributed by atoms with van der Waals surface area (Å²) in [4.78, 5) is 12.5. The molecule has 1 aliphatic rings. The van der Waals surface area contributed by atoms with Gasteiger partial charge in [-0.1, -0.05) is 13.8 Å². The van der Waals surface area contributed by atoms with Gasteiger partial charge in [0.25, 0.3) is 0 Å². The highest BCUT2D eigenvalue weighted by Crippen LogP contribution is 2.64. The van der Waals surface area contributed by atoms with E-state index in [2.05, 4.69) is 5.32 Å². The minimum Gasteiger partial charge on any atom is -0.492 e. The lowest BCUT2D eigenvalue weighted by Gasteiger charge is -2.21. The molecule has 2 rings (SSSR count). The Balaban J connectivity index is 2.38. The fourth-order valence-electron chi connectivity index (χ4n) is 2.68. The van der Waals surface area contributed by atoms with Gasteiger partial charge >= 0.3 is 0 Å². The Bertz CT molecular complexity index is 794. The van der Waals surface area contributed by atoms with Gasteiger partial charge in [0.15, 0.2) is 0 Å². The summed E-state index contributed by atoms with van der Waals surface area (Å²) in [5.74, 6) is -0.100. The number of carbonyl (C=O) groups excluding carboxylic acids is 1. The molecule has 0 aromatic heterocycles. The van der Waals surface area contributed by atoms with Crippen molar-refractivity contribution < 1.29 is 17.9 Å². The third-order valence-corrected chi connectivity index (χ3v) is 7.76. The summed E-state index contributed by atoms with van der Waals surface area (Å²) < 4.78 is 31.6. The average Bonchev–Trinajstić information content (AvgIpc) is 3.09. The normalized spacial score (nSPS) is 21.5. The van der Waals surface area contributed by atoms with Gasteiger partial charge in [-0.3, -0.25) is 4.79 Å². The van der Waals surface area contributed by atoms with Crippen LogP contribution >= 0.6 is 23.2 Å². The molecule has 6 nitrogen and oxygen atoms in total. The number of nitrogens with zero attached hydrogens (tertiary/aromatic N) is 1. The van der Waals surface area contributed by atoms with Crippen molar-refractivity contribution >= 4 is 44.8 Å². The first kappa shape index (κ1) is 21.3. The summed E-state index contributed by atoms with van der Waals surface area (Å²) in [6.07, 6.45) is 0.344. The number of benzene rings is 1. The summed E-state index contributed by atoms with van der Waals surface area (Å²) in [5.41, 5.74) is -0.548. The van der Waals surface area contributed by atoms with Crippen molar-refractivity contribution in [2.24, 2.45) is 5.41 Å². The molecule has 1 atom stereocenters. The maximum atomic E-state index is 12.9. The molecule has 0 aliphatic heterocycles. The number of rotatable bonds is 8. The first-order valence-electron chi connectivity index (χ1n) is 8.49. The van der Waals surface area contributed by atoms with Gasteiger partial charge in [0.2, 0.25) is 15.9 Å². The molecule has 1 aliphatic carbocycles. The Labute approximate surface area is 164 Å². The molecule has 9 heteroatoms. The summed E-state index contributed by atoms with van der Waals surface area (Å²) >= 11 is 12.1. The van der Waals surface area contributed by atoms with E-state index in [1.807, 2.05) is 0 Å². The van der Waals surface area contributed by atoms with E-state index in [0.717, 1.165) is 0 Å². The molecule has 1 N–H and O–H groups in total. The fourth-order valence-corrected chi connectivity index (χ4v) is 5.00. The average molecular weight is 423 g/mol. The molecule has 1 unspecified atom stereocenters. The largest absolute Gasteiger partial charge is 0.492 e. The molecule has 1 fully saturated rings. The van der Waals surface area contributed by atoms with Gasteiger partial charge in [0, 0.05) is 18.8 Å². The van der Waals surface area contributed by atoms with Crippen molar-refractivity contribution in [3.8, 4) is 5.75 Å². The summed E-state index contributed by atoms with van der Waals surface area (Å²) in [6.45, 7) is 7.97. The molecule has 1 aromatic rings. The van der Waals surface area contributed by atoms with E-state index in [-0.39, 0.29) is 16.6 Å². The lowest BCUT2D eigenvalue weighted by atomic mass is 10.1. The highest BCUT2D eigenvalue weighted by molar-refractivity contribution is 7.89. The Morgan fingerprint density at radius 1 is 1.27 bits per heavy atom. The molecule has 1 saturated carbocycles. The van der Waals surface area contributed by atoms with E-state index in [1.165, 1.54) is 10.4 Å². The second-order valence-electron chi connectivity index (χ2n) is 6.35. The topological polar surface area (TPSA) is 75.7 Å². The molecule has 0 bridgehead atoms.